The molecule has 1 rings (SSSR count). The van der Waals surface area contributed by atoms with E-state index in [2.05, 4.69) is 11.6 Å². The molecule has 1 amide bonds. The first-order valence-electron chi connectivity index (χ1n) is 10.5. The monoisotopic (exact) mass is 435 g/mol. The van der Waals surface area contributed by atoms with Crippen molar-refractivity contribution in [2.75, 3.05) is 59.0 Å². The van der Waals surface area contributed by atoms with Crippen LogP contribution in [0.3, 0.4) is 0 Å². The summed E-state index contributed by atoms with van der Waals surface area (Å²) < 4.78 is 26.5. The lowest BCUT2D eigenvalue weighted by Gasteiger charge is -2.27. The molecule has 1 aliphatic carbocycles. The minimum absolute atomic E-state index is 0.0401. The van der Waals surface area contributed by atoms with Crippen molar-refractivity contribution in [2.24, 2.45) is 0 Å². The molecule has 0 unspecified atom stereocenters. The lowest BCUT2D eigenvalue weighted by molar-refractivity contribution is -0.145. The molecule has 9 heteroatoms. The summed E-state index contributed by atoms with van der Waals surface area (Å²) in [5.41, 5.74) is 0. The van der Waals surface area contributed by atoms with Gasteiger partial charge in [0.05, 0.1) is 39.6 Å². The highest BCUT2D eigenvalue weighted by molar-refractivity contribution is 7.99. The van der Waals surface area contributed by atoms with E-state index in [1.165, 1.54) is 0 Å². The molecule has 0 atom stereocenters. The van der Waals surface area contributed by atoms with Gasteiger partial charge in [-0.1, -0.05) is 6.92 Å². The van der Waals surface area contributed by atoms with Crippen molar-refractivity contribution in [1.29, 1.82) is 0 Å². The molecule has 0 heterocycles. The molecule has 1 saturated carbocycles. The van der Waals surface area contributed by atoms with Crippen LogP contribution in [0.5, 0.6) is 0 Å². The number of thioether (sulfide) groups is 1. The van der Waals surface area contributed by atoms with Gasteiger partial charge < -0.3 is 29.0 Å². The molecule has 0 spiro atoms. The quantitative estimate of drug-likeness (QED) is 0.292. The second kappa shape index (κ2) is 17.8. The van der Waals surface area contributed by atoms with Crippen LogP contribution >= 0.6 is 11.8 Å². The van der Waals surface area contributed by atoms with Crippen LogP contribution in [0.4, 0.5) is 4.79 Å². The van der Waals surface area contributed by atoms with Gasteiger partial charge in [-0.3, -0.25) is 4.79 Å². The predicted octanol–water partition coefficient (Wildman–Crippen LogP) is 2.78. The molecule has 0 aromatic rings. The third-order valence-corrected chi connectivity index (χ3v) is 5.57. The van der Waals surface area contributed by atoms with Gasteiger partial charge in [0.15, 0.2) is 0 Å². The second-order valence-corrected chi connectivity index (χ2v) is 7.91. The molecule has 0 radical (unpaired) electrons. The third kappa shape index (κ3) is 14.6. The maximum absolute atomic E-state index is 11.8. The van der Waals surface area contributed by atoms with Crippen LogP contribution in [0.25, 0.3) is 0 Å². The Morgan fingerprint density at radius 2 is 1.48 bits per heavy atom. The normalized spacial score (nSPS) is 19.0. The number of ether oxygens (including phenoxy) is 5. The Balaban J connectivity index is 1.80. The lowest BCUT2D eigenvalue weighted by atomic mass is 9.97. The number of rotatable bonds is 16. The molecule has 0 bridgehead atoms. The third-order valence-electron chi connectivity index (χ3n) is 4.43. The van der Waals surface area contributed by atoms with Crippen molar-refractivity contribution in [2.45, 2.75) is 56.8 Å². The zero-order chi connectivity index (χ0) is 21.2. The number of hydrogen-bond acceptors (Lipinski definition) is 8. The van der Waals surface area contributed by atoms with Gasteiger partial charge >= 0.3 is 12.1 Å². The van der Waals surface area contributed by atoms with E-state index in [1.807, 2.05) is 18.7 Å². The number of esters is 1. The molecule has 0 saturated heterocycles. The standard InChI is InChI=1S/C20H37NO7S/c1-3-4-19(22)27-16-15-26-14-13-25-12-11-24-10-9-21-20(23)28-17-5-7-18(29-2)8-6-17/h17-18H,3-16H2,1-2H3,(H,21,23). The fourth-order valence-electron chi connectivity index (χ4n) is 2.84. The van der Waals surface area contributed by atoms with E-state index in [0.29, 0.717) is 57.9 Å². The molecular formula is C20H37NO7S. The van der Waals surface area contributed by atoms with Crippen molar-refractivity contribution in [3.63, 3.8) is 0 Å². The van der Waals surface area contributed by atoms with Gasteiger partial charge in [-0.05, 0) is 38.4 Å². The van der Waals surface area contributed by atoms with Crippen molar-refractivity contribution in [1.82, 2.24) is 5.32 Å². The summed E-state index contributed by atoms with van der Waals surface area (Å²) in [5, 5.41) is 3.42. The van der Waals surface area contributed by atoms with E-state index in [-0.39, 0.29) is 24.8 Å². The van der Waals surface area contributed by atoms with Crippen molar-refractivity contribution >= 4 is 23.8 Å². The van der Waals surface area contributed by atoms with E-state index in [0.717, 1.165) is 32.1 Å². The van der Waals surface area contributed by atoms with E-state index < -0.39 is 0 Å². The summed E-state index contributed by atoms with van der Waals surface area (Å²) in [7, 11) is 0. The Hall–Kier alpha value is -1.03. The van der Waals surface area contributed by atoms with E-state index in [1.54, 1.807) is 0 Å². The van der Waals surface area contributed by atoms with Crippen LogP contribution in [-0.2, 0) is 28.5 Å². The molecule has 29 heavy (non-hydrogen) atoms. The van der Waals surface area contributed by atoms with Gasteiger partial charge in [-0.15, -0.1) is 0 Å². The van der Waals surface area contributed by atoms with Gasteiger partial charge in [-0.25, -0.2) is 4.79 Å². The molecule has 0 aromatic heterocycles. The maximum atomic E-state index is 11.8. The van der Waals surface area contributed by atoms with Crippen LogP contribution in [0, 0.1) is 0 Å². The number of amides is 1. The van der Waals surface area contributed by atoms with Gasteiger partial charge in [0.25, 0.3) is 0 Å². The summed E-state index contributed by atoms with van der Waals surface area (Å²) in [4.78, 5) is 22.9. The average molecular weight is 436 g/mol. The molecule has 0 aromatic carbocycles. The Kier molecular flexibility index (Phi) is 16.0. The lowest BCUT2D eigenvalue weighted by Crippen LogP contribution is -2.33. The Bertz CT molecular complexity index is 431. The number of nitrogens with one attached hydrogen (secondary N) is 1. The first-order chi connectivity index (χ1) is 14.2. The van der Waals surface area contributed by atoms with Gasteiger partial charge in [0, 0.05) is 18.2 Å². The Morgan fingerprint density at radius 1 is 0.897 bits per heavy atom. The minimum Gasteiger partial charge on any atom is -0.463 e. The summed E-state index contributed by atoms with van der Waals surface area (Å²) in [6, 6.07) is 0. The number of alkyl carbamates (subject to hydrolysis) is 1. The fourth-order valence-corrected chi connectivity index (χ4v) is 3.58. The van der Waals surface area contributed by atoms with Crippen LogP contribution in [0.15, 0.2) is 0 Å². The molecular weight excluding hydrogens is 398 g/mol. The summed E-state index contributed by atoms with van der Waals surface area (Å²) in [6.45, 7) is 5.21. The Labute approximate surface area is 178 Å². The SMILES string of the molecule is CCCC(=O)OCCOCCOCCOCCNC(=O)OC1CCC(SC)CC1. The molecule has 170 valence electrons. The first-order valence-corrected chi connectivity index (χ1v) is 11.8. The van der Waals surface area contributed by atoms with E-state index in [9.17, 15) is 9.59 Å². The second-order valence-electron chi connectivity index (χ2n) is 6.77. The molecule has 0 aliphatic heterocycles. The zero-order valence-corrected chi connectivity index (χ0v) is 18.6. The van der Waals surface area contributed by atoms with Crippen LogP contribution in [0.2, 0.25) is 0 Å². The number of carbonyl (C=O) groups excluding carboxylic acids is 2. The number of hydrogen-bond donors (Lipinski definition) is 1. The van der Waals surface area contributed by atoms with E-state index in [4.69, 9.17) is 23.7 Å². The number of carbonyl (C=O) groups is 2. The minimum atomic E-state index is -0.366. The summed E-state index contributed by atoms with van der Waals surface area (Å²) in [5.74, 6) is -0.189. The van der Waals surface area contributed by atoms with Gasteiger partial charge in [0.1, 0.15) is 12.7 Å². The molecule has 1 N–H and O–H groups in total. The predicted molar refractivity (Wildman–Crippen MR) is 112 cm³/mol. The first kappa shape index (κ1) is 26.0. The highest BCUT2D eigenvalue weighted by atomic mass is 32.2. The van der Waals surface area contributed by atoms with Gasteiger partial charge in [0.2, 0.25) is 0 Å². The van der Waals surface area contributed by atoms with Gasteiger partial charge in [-0.2, -0.15) is 11.8 Å². The molecule has 1 fully saturated rings. The van der Waals surface area contributed by atoms with Crippen molar-refractivity contribution < 1.29 is 33.3 Å². The summed E-state index contributed by atoms with van der Waals surface area (Å²) in [6.07, 6.45) is 7.15. The fraction of sp³-hybridized carbons (Fsp3) is 0.900. The van der Waals surface area contributed by atoms with Crippen LogP contribution in [-0.4, -0.2) is 82.5 Å². The summed E-state index contributed by atoms with van der Waals surface area (Å²) >= 11 is 1.89. The smallest absolute Gasteiger partial charge is 0.407 e. The van der Waals surface area contributed by atoms with Crippen LogP contribution < -0.4 is 5.32 Å². The van der Waals surface area contributed by atoms with Crippen molar-refractivity contribution in [3.05, 3.63) is 0 Å². The zero-order valence-electron chi connectivity index (χ0n) is 17.8. The largest absolute Gasteiger partial charge is 0.463 e. The average Bonchev–Trinajstić information content (AvgIpc) is 2.72. The highest BCUT2D eigenvalue weighted by Crippen LogP contribution is 2.28. The maximum Gasteiger partial charge on any atom is 0.407 e. The van der Waals surface area contributed by atoms with Crippen LogP contribution in [0.1, 0.15) is 45.4 Å². The highest BCUT2D eigenvalue weighted by Gasteiger charge is 2.23. The van der Waals surface area contributed by atoms with E-state index >= 15 is 0 Å². The van der Waals surface area contributed by atoms with Crippen molar-refractivity contribution in [3.8, 4) is 0 Å². The topological polar surface area (TPSA) is 92.3 Å². The Morgan fingerprint density at radius 3 is 2.07 bits per heavy atom. The molecule has 1 aliphatic rings. The molecule has 8 nitrogen and oxygen atoms in total.